The maximum absolute atomic E-state index is 11.3. The molecule has 0 bridgehead atoms. The van der Waals surface area contributed by atoms with Gasteiger partial charge in [-0.2, -0.15) is 0 Å². The Morgan fingerprint density at radius 2 is 2.25 bits per heavy atom. The van der Waals surface area contributed by atoms with Gasteiger partial charge in [-0.3, -0.25) is 4.79 Å². The highest BCUT2D eigenvalue weighted by molar-refractivity contribution is 9.10. The molecular weight excluding hydrogens is 270 g/mol. The van der Waals surface area contributed by atoms with Crippen LogP contribution in [-0.4, -0.2) is 23.5 Å². The van der Waals surface area contributed by atoms with Crippen molar-refractivity contribution >= 4 is 21.8 Å². The summed E-state index contributed by atoms with van der Waals surface area (Å²) in [6.45, 7) is 4.78. The lowest BCUT2D eigenvalue weighted by Gasteiger charge is -2.08. The lowest BCUT2D eigenvalue weighted by Crippen LogP contribution is -2.37. The molecule has 1 amide bonds. The molecule has 0 saturated carbocycles. The standard InChI is InChI=1S/C11H16BrN3O/c1-8(2)14-11(16)7-13-6-9-4-3-5-10(12)15-9/h3-5,8,13H,6-7H2,1-2H3,(H,14,16). The Hall–Kier alpha value is -0.940. The predicted molar refractivity (Wildman–Crippen MR) is 66.9 cm³/mol. The molecule has 1 rings (SSSR count). The first-order valence-corrected chi connectivity index (χ1v) is 5.98. The van der Waals surface area contributed by atoms with Gasteiger partial charge in [-0.1, -0.05) is 6.07 Å². The maximum atomic E-state index is 11.3. The van der Waals surface area contributed by atoms with Crippen LogP contribution in [0.25, 0.3) is 0 Å². The summed E-state index contributed by atoms with van der Waals surface area (Å²) in [6, 6.07) is 5.88. The summed E-state index contributed by atoms with van der Waals surface area (Å²) in [5.74, 6) is 0.00463. The molecule has 0 aromatic carbocycles. The van der Waals surface area contributed by atoms with Crippen LogP contribution < -0.4 is 10.6 Å². The van der Waals surface area contributed by atoms with Crippen molar-refractivity contribution in [2.24, 2.45) is 0 Å². The zero-order valence-electron chi connectivity index (χ0n) is 9.46. The smallest absolute Gasteiger partial charge is 0.234 e. The zero-order valence-corrected chi connectivity index (χ0v) is 11.0. The van der Waals surface area contributed by atoms with Gasteiger partial charge in [0.2, 0.25) is 5.91 Å². The number of nitrogens with zero attached hydrogens (tertiary/aromatic N) is 1. The molecule has 0 spiro atoms. The van der Waals surface area contributed by atoms with Crippen LogP contribution in [-0.2, 0) is 11.3 Å². The van der Waals surface area contributed by atoms with Gasteiger partial charge in [0.1, 0.15) is 4.60 Å². The number of hydrogen-bond donors (Lipinski definition) is 2. The van der Waals surface area contributed by atoms with E-state index in [0.29, 0.717) is 13.1 Å². The van der Waals surface area contributed by atoms with E-state index in [0.717, 1.165) is 10.3 Å². The summed E-state index contributed by atoms with van der Waals surface area (Å²) < 4.78 is 0.804. The summed E-state index contributed by atoms with van der Waals surface area (Å²) in [5, 5.41) is 5.85. The van der Waals surface area contributed by atoms with Gasteiger partial charge in [0.15, 0.2) is 0 Å². The molecule has 0 radical (unpaired) electrons. The monoisotopic (exact) mass is 285 g/mol. The molecule has 0 aliphatic rings. The fourth-order valence-electron chi connectivity index (χ4n) is 1.23. The quantitative estimate of drug-likeness (QED) is 0.806. The Bertz CT molecular complexity index is 355. The van der Waals surface area contributed by atoms with E-state index in [1.807, 2.05) is 32.0 Å². The number of carbonyl (C=O) groups is 1. The van der Waals surface area contributed by atoms with Crippen LogP contribution >= 0.6 is 15.9 Å². The minimum absolute atomic E-state index is 0.00463. The van der Waals surface area contributed by atoms with Crippen molar-refractivity contribution < 1.29 is 4.79 Å². The lowest BCUT2D eigenvalue weighted by atomic mass is 10.3. The molecule has 0 atom stereocenters. The van der Waals surface area contributed by atoms with Gasteiger partial charge in [-0.15, -0.1) is 0 Å². The Morgan fingerprint density at radius 1 is 1.50 bits per heavy atom. The molecule has 0 aliphatic heterocycles. The lowest BCUT2D eigenvalue weighted by molar-refractivity contribution is -0.120. The molecule has 0 saturated heterocycles. The second kappa shape index (κ2) is 6.60. The Balaban J connectivity index is 2.28. The maximum Gasteiger partial charge on any atom is 0.234 e. The summed E-state index contributed by atoms with van der Waals surface area (Å²) in [7, 11) is 0. The van der Waals surface area contributed by atoms with Gasteiger partial charge in [-0.05, 0) is 41.9 Å². The molecule has 4 nitrogen and oxygen atoms in total. The van der Waals surface area contributed by atoms with Crippen molar-refractivity contribution in [3.63, 3.8) is 0 Å². The Labute approximate surface area is 104 Å². The molecule has 16 heavy (non-hydrogen) atoms. The first-order chi connectivity index (χ1) is 7.58. The average Bonchev–Trinajstić information content (AvgIpc) is 2.16. The normalized spacial score (nSPS) is 10.5. The third-order valence-electron chi connectivity index (χ3n) is 1.81. The molecule has 0 aliphatic carbocycles. The van der Waals surface area contributed by atoms with Crippen molar-refractivity contribution in [1.82, 2.24) is 15.6 Å². The molecule has 0 fully saturated rings. The van der Waals surface area contributed by atoms with Crippen LogP contribution in [0.15, 0.2) is 22.8 Å². The predicted octanol–water partition coefficient (Wildman–Crippen LogP) is 1.46. The average molecular weight is 286 g/mol. The molecule has 2 N–H and O–H groups in total. The number of amides is 1. The minimum Gasteiger partial charge on any atom is -0.353 e. The summed E-state index contributed by atoms with van der Waals surface area (Å²) in [6.07, 6.45) is 0. The molecular formula is C11H16BrN3O. The summed E-state index contributed by atoms with van der Waals surface area (Å²) >= 11 is 3.30. The zero-order chi connectivity index (χ0) is 12.0. The van der Waals surface area contributed by atoms with Gasteiger partial charge in [-0.25, -0.2) is 4.98 Å². The summed E-state index contributed by atoms with van der Waals surface area (Å²) in [5.41, 5.74) is 0.909. The molecule has 5 heteroatoms. The van der Waals surface area contributed by atoms with Gasteiger partial charge in [0.25, 0.3) is 0 Å². The number of carbonyl (C=O) groups excluding carboxylic acids is 1. The molecule has 88 valence electrons. The number of pyridine rings is 1. The first-order valence-electron chi connectivity index (χ1n) is 5.19. The van der Waals surface area contributed by atoms with Crippen molar-refractivity contribution in [2.45, 2.75) is 26.4 Å². The topological polar surface area (TPSA) is 54.0 Å². The van der Waals surface area contributed by atoms with Crippen LogP contribution in [0.5, 0.6) is 0 Å². The van der Waals surface area contributed by atoms with E-state index in [4.69, 9.17) is 0 Å². The number of hydrogen-bond acceptors (Lipinski definition) is 3. The van der Waals surface area contributed by atoms with E-state index in [2.05, 4.69) is 31.5 Å². The second-order valence-corrected chi connectivity index (χ2v) is 4.59. The van der Waals surface area contributed by atoms with Crippen molar-refractivity contribution in [2.75, 3.05) is 6.54 Å². The third kappa shape index (κ3) is 5.23. The number of nitrogens with one attached hydrogen (secondary N) is 2. The summed E-state index contributed by atoms with van der Waals surface area (Å²) in [4.78, 5) is 15.6. The van der Waals surface area contributed by atoms with Crippen LogP contribution in [0.4, 0.5) is 0 Å². The highest BCUT2D eigenvalue weighted by Crippen LogP contribution is 2.05. The highest BCUT2D eigenvalue weighted by Gasteiger charge is 2.02. The van der Waals surface area contributed by atoms with Gasteiger partial charge < -0.3 is 10.6 Å². The second-order valence-electron chi connectivity index (χ2n) is 3.78. The van der Waals surface area contributed by atoms with Crippen LogP contribution in [0.1, 0.15) is 19.5 Å². The van der Waals surface area contributed by atoms with Gasteiger partial charge in [0.05, 0.1) is 12.2 Å². The Kier molecular flexibility index (Phi) is 5.42. The van der Waals surface area contributed by atoms with Crippen molar-refractivity contribution in [3.05, 3.63) is 28.5 Å². The first kappa shape index (κ1) is 13.1. The van der Waals surface area contributed by atoms with Gasteiger partial charge >= 0.3 is 0 Å². The minimum atomic E-state index is 0.00463. The number of rotatable bonds is 5. The molecule has 0 unspecified atom stereocenters. The SMILES string of the molecule is CC(C)NC(=O)CNCc1cccc(Br)n1. The van der Waals surface area contributed by atoms with E-state index in [-0.39, 0.29) is 11.9 Å². The highest BCUT2D eigenvalue weighted by atomic mass is 79.9. The number of halogens is 1. The van der Waals surface area contributed by atoms with E-state index < -0.39 is 0 Å². The van der Waals surface area contributed by atoms with E-state index in [1.54, 1.807) is 0 Å². The van der Waals surface area contributed by atoms with E-state index in [1.165, 1.54) is 0 Å². The third-order valence-corrected chi connectivity index (χ3v) is 2.26. The van der Waals surface area contributed by atoms with Crippen molar-refractivity contribution in [3.8, 4) is 0 Å². The fourth-order valence-corrected chi connectivity index (χ4v) is 1.61. The van der Waals surface area contributed by atoms with Crippen LogP contribution in [0, 0.1) is 0 Å². The number of aromatic nitrogens is 1. The fraction of sp³-hybridized carbons (Fsp3) is 0.455. The Morgan fingerprint density at radius 3 is 2.88 bits per heavy atom. The largest absolute Gasteiger partial charge is 0.353 e. The van der Waals surface area contributed by atoms with Gasteiger partial charge in [0, 0.05) is 12.6 Å². The van der Waals surface area contributed by atoms with Crippen LogP contribution in [0.2, 0.25) is 0 Å². The molecule has 1 heterocycles. The molecule has 1 aromatic heterocycles. The van der Waals surface area contributed by atoms with Crippen molar-refractivity contribution in [1.29, 1.82) is 0 Å². The van der Waals surface area contributed by atoms with E-state index in [9.17, 15) is 4.79 Å². The van der Waals surface area contributed by atoms with E-state index >= 15 is 0 Å². The van der Waals surface area contributed by atoms with Crippen LogP contribution in [0.3, 0.4) is 0 Å². The molecule has 1 aromatic rings.